The number of aliphatic carboxylic acids is 2. The lowest BCUT2D eigenvalue weighted by Gasteiger charge is -2.01. The molecule has 1 fully saturated rings. The average Bonchev–Trinajstić information content (AvgIpc) is 2.63. The van der Waals surface area contributed by atoms with Crippen molar-refractivity contribution in [1.82, 2.24) is 0 Å². The summed E-state index contributed by atoms with van der Waals surface area (Å²) in [7, 11) is 0. The number of hydrogen-bond donors (Lipinski definition) is 3. The first-order valence-electron chi connectivity index (χ1n) is 3.25. The molecule has 0 radical (unpaired) electrons. The fourth-order valence-electron chi connectivity index (χ4n) is 1.08. The van der Waals surface area contributed by atoms with Crippen molar-refractivity contribution in [2.45, 2.75) is 12.5 Å². The minimum Gasteiger partial charge on any atom is -0.481 e. The van der Waals surface area contributed by atoms with Crippen molar-refractivity contribution in [3.8, 4) is 0 Å². The van der Waals surface area contributed by atoms with E-state index in [4.69, 9.17) is 15.9 Å². The van der Waals surface area contributed by atoms with E-state index < -0.39 is 23.9 Å². The van der Waals surface area contributed by atoms with E-state index in [1.807, 2.05) is 0 Å². The van der Waals surface area contributed by atoms with Gasteiger partial charge in [-0.2, -0.15) is 0 Å². The van der Waals surface area contributed by atoms with Gasteiger partial charge < -0.3 is 15.9 Å². The van der Waals surface area contributed by atoms with Crippen molar-refractivity contribution in [2.24, 2.45) is 17.6 Å². The van der Waals surface area contributed by atoms with Crippen LogP contribution in [0.4, 0.5) is 0 Å². The minimum atomic E-state index is -1.13. The molecule has 62 valence electrons. The van der Waals surface area contributed by atoms with Crippen LogP contribution < -0.4 is 5.73 Å². The largest absolute Gasteiger partial charge is 0.481 e. The van der Waals surface area contributed by atoms with Gasteiger partial charge >= 0.3 is 11.9 Å². The van der Waals surface area contributed by atoms with Crippen LogP contribution in [-0.2, 0) is 9.59 Å². The number of carbonyl (C=O) groups is 2. The summed E-state index contributed by atoms with van der Waals surface area (Å²) in [5, 5.41) is 16.8. The first-order chi connectivity index (χ1) is 5.04. The quantitative estimate of drug-likeness (QED) is 0.496. The second kappa shape index (κ2) is 2.50. The van der Waals surface area contributed by atoms with E-state index in [9.17, 15) is 9.59 Å². The number of nitrogens with two attached hydrogens (primary N) is 1. The van der Waals surface area contributed by atoms with Gasteiger partial charge in [0.05, 0.1) is 5.92 Å². The molecule has 0 saturated heterocycles. The van der Waals surface area contributed by atoms with Gasteiger partial charge in [0.2, 0.25) is 0 Å². The molecule has 0 aromatic carbocycles. The van der Waals surface area contributed by atoms with E-state index in [0.29, 0.717) is 6.42 Å². The molecular weight excluding hydrogens is 150 g/mol. The molecular formula is C6H9NO4. The van der Waals surface area contributed by atoms with Crippen LogP contribution in [0.2, 0.25) is 0 Å². The lowest BCUT2D eigenvalue weighted by Crippen LogP contribution is -2.33. The molecule has 1 aliphatic carbocycles. The third kappa shape index (κ3) is 1.48. The molecule has 0 aromatic heterocycles. The normalized spacial score (nSPS) is 31.0. The summed E-state index contributed by atoms with van der Waals surface area (Å²) in [6.45, 7) is 0. The van der Waals surface area contributed by atoms with Gasteiger partial charge in [0.15, 0.2) is 0 Å². The molecule has 0 aliphatic heterocycles. The third-order valence-corrected chi connectivity index (χ3v) is 1.90. The zero-order valence-electron chi connectivity index (χ0n) is 5.73. The highest BCUT2D eigenvalue weighted by atomic mass is 16.4. The Kier molecular flexibility index (Phi) is 1.82. The molecule has 0 aromatic rings. The SMILES string of the molecule is NC(C(=O)O)[C@@H]1CC1C(=O)O. The van der Waals surface area contributed by atoms with Crippen LogP contribution in [0.3, 0.4) is 0 Å². The van der Waals surface area contributed by atoms with Gasteiger partial charge in [0.25, 0.3) is 0 Å². The zero-order valence-corrected chi connectivity index (χ0v) is 5.73. The Bertz CT molecular complexity index is 203. The first kappa shape index (κ1) is 8.00. The number of carboxylic acids is 2. The van der Waals surface area contributed by atoms with Crippen molar-refractivity contribution in [2.75, 3.05) is 0 Å². The van der Waals surface area contributed by atoms with Gasteiger partial charge in [0.1, 0.15) is 6.04 Å². The highest BCUT2D eigenvalue weighted by molar-refractivity contribution is 5.79. The average molecular weight is 159 g/mol. The van der Waals surface area contributed by atoms with Gasteiger partial charge in [0, 0.05) is 0 Å². The maximum atomic E-state index is 10.3. The highest BCUT2D eigenvalue weighted by Gasteiger charge is 2.49. The smallest absolute Gasteiger partial charge is 0.320 e. The van der Waals surface area contributed by atoms with E-state index in [2.05, 4.69) is 0 Å². The molecule has 0 bridgehead atoms. The summed E-state index contributed by atoms with van der Waals surface area (Å²) >= 11 is 0. The molecule has 4 N–H and O–H groups in total. The van der Waals surface area contributed by atoms with Crippen LogP contribution in [0, 0.1) is 11.8 Å². The number of rotatable bonds is 3. The van der Waals surface area contributed by atoms with E-state index in [1.54, 1.807) is 0 Å². The Hall–Kier alpha value is -1.10. The first-order valence-corrected chi connectivity index (χ1v) is 3.25. The second-order valence-corrected chi connectivity index (χ2v) is 2.71. The summed E-state index contributed by atoms with van der Waals surface area (Å²) in [5.74, 6) is -2.99. The van der Waals surface area contributed by atoms with Gasteiger partial charge in [-0.15, -0.1) is 0 Å². The maximum Gasteiger partial charge on any atom is 0.320 e. The lowest BCUT2D eigenvalue weighted by molar-refractivity contribution is -0.140. The van der Waals surface area contributed by atoms with Gasteiger partial charge in [-0.05, 0) is 12.3 Å². The van der Waals surface area contributed by atoms with Gasteiger partial charge in [-0.25, -0.2) is 0 Å². The molecule has 1 aliphatic rings. The minimum absolute atomic E-state index is 0.370. The number of carboxylic acid groups (broad SMARTS) is 2. The van der Waals surface area contributed by atoms with E-state index in [1.165, 1.54) is 0 Å². The van der Waals surface area contributed by atoms with Crippen LogP contribution in [0.25, 0.3) is 0 Å². The zero-order chi connectivity index (χ0) is 8.59. The second-order valence-electron chi connectivity index (χ2n) is 2.71. The van der Waals surface area contributed by atoms with Gasteiger partial charge in [-0.3, -0.25) is 9.59 Å². The van der Waals surface area contributed by atoms with Crippen LogP contribution in [0.1, 0.15) is 6.42 Å². The molecule has 5 nitrogen and oxygen atoms in total. The molecule has 0 amide bonds. The molecule has 0 spiro atoms. The summed E-state index contributed by atoms with van der Waals surface area (Å²) in [5.41, 5.74) is 5.19. The van der Waals surface area contributed by atoms with Crippen molar-refractivity contribution >= 4 is 11.9 Å². The fourth-order valence-corrected chi connectivity index (χ4v) is 1.08. The topological polar surface area (TPSA) is 101 Å². The lowest BCUT2D eigenvalue weighted by atomic mass is 10.1. The summed E-state index contributed by atoms with van der Waals surface area (Å²) in [6.07, 6.45) is 0.392. The standard InChI is InChI=1S/C6H9NO4/c7-4(6(10)11)2-1-3(2)5(8)9/h2-4H,1,7H2,(H,8,9)(H,10,11)/t2-,3?,4?/m1/s1. The van der Waals surface area contributed by atoms with Crippen LogP contribution in [0.5, 0.6) is 0 Å². The molecule has 11 heavy (non-hydrogen) atoms. The Morgan fingerprint density at radius 2 is 2.00 bits per heavy atom. The molecule has 5 heteroatoms. The predicted octanol–water partition coefficient (Wildman–Crippen LogP) is -0.881. The van der Waals surface area contributed by atoms with Crippen LogP contribution in [-0.4, -0.2) is 28.2 Å². The Labute approximate surface area is 62.8 Å². The monoisotopic (exact) mass is 159 g/mol. The fraction of sp³-hybridized carbons (Fsp3) is 0.667. The highest BCUT2D eigenvalue weighted by Crippen LogP contribution is 2.40. The number of hydrogen-bond acceptors (Lipinski definition) is 3. The maximum absolute atomic E-state index is 10.3. The van der Waals surface area contributed by atoms with E-state index in [-0.39, 0.29) is 5.92 Å². The van der Waals surface area contributed by atoms with Crippen LogP contribution >= 0.6 is 0 Å². The molecule has 3 atom stereocenters. The predicted molar refractivity (Wildman–Crippen MR) is 34.8 cm³/mol. The molecule has 2 unspecified atom stereocenters. The summed E-state index contributed by atoms with van der Waals surface area (Å²) in [4.78, 5) is 20.5. The van der Waals surface area contributed by atoms with Crippen LogP contribution in [0.15, 0.2) is 0 Å². The molecule has 1 rings (SSSR count). The summed E-state index contributed by atoms with van der Waals surface area (Å²) < 4.78 is 0. The van der Waals surface area contributed by atoms with E-state index >= 15 is 0 Å². The summed E-state index contributed by atoms with van der Waals surface area (Å²) in [6, 6.07) is -1.02. The van der Waals surface area contributed by atoms with E-state index in [0.717, 1.165) is 0 Å². The Balaban J connectivity index is 2.43. The third-order valence-electron chi connectivity index (χ3n) is 1.90. The van der Waals surface area contributed by atoms with Crippen molar-refractivity contribution < 1.29 is 19.8 Å². The van der Waals surface area contributed by atoms with Gasteiger partial charge in [-0.1, -0.05) is 0 Å². The Morgan fingerprint density at radius 3 is 2.27 bits per heavy atom. The van der Waals surface area contributed by atoms with Crippen molar-refractivity contribution in [3.63, 3.8) is 0 Å². The molecule has 0 heterocycles. The van der Waals surface area contributed by atoms with Crippen molar-refractivity contribution in [1.29, 1.82) is 0 Å². The Morgan fingerprint density at radius 1 is 1.45 bits per heavy atom. The van der Waals surface area contributed by atoms with Crippen molar-refractivity contribution in [3.05, 3.63) is 0 Å². The molecule has 1 saturated carbocycles.